The van der Waals surface area contributed by atoms with E-state index in [0.717, 1.165) is 11.3 Å². The zero-order chi connectivity index (χ0) is 14.5. The lowest BCUT2D eigenvalue weighted by Gasteiger charge is -2.04. The molecule has 106 valence electrons. The number of rotatable bonds is 7. The van der Waals surface area contributed by atoms with E-state index in [1.807, 2.05) is 0 Å². The number of thiocarbonyl (C=S) groups is 1. The van der Waals surface area contributed by atoms with Crippen LogP contribution in [-0.4, -0.2) is 32.5 Å². The van der Waals surface area contributed by atoms with Crippen LogP contribution in [0.2, 0.25) is 0 Å². The van der Waals surface area contributed by atoms with Gasteiger partial charge < -0.3 is 10.5 Å². The first-order chi connectivity index (χ1) is 8.86. The molecule has 6 nitrogen and oxygen atoms in total. The second kappa shape index (κ2) is 6.94. The third-order valence-electron chi connectivity index (χ3n) is 2.02. The van der Waals surface area contributed by atoms with Crippen LogP contribution >= 0.6 is 23.6 Å². The van der Waals surface area contributed by atoms with Gasteiger partial charge in [-0.25, -0.2) is 13.1 Å². The number of thiophene rings is 1. The van der Waals surface area contributed by atoms with Crippen molar-refractivity contribution in [1.82, 2.24) is 4.72 Å². The molecule has 19 heavy (non-hydrogen) atoms. The normalized spacial score (nSPS) is 11.2. The minimum absolute atomic E-state index is 0.0124. The van der Waals surface area contributed by atoms with E-state index in [1.165, 1.54) is 6.07 Å². The Morgan fingerprint density at radius 2 is 2.21 bits per heavy atom. The summed E-state index contributed by atoms with van der Waals surface area (Å²) < 4.78 is 30.9. The molecule has 9 heteroatoms. The van der Waals surface area contributed by atoms with Crippen LogP contribution in [0.4, 0.5) is 0 Å². The number of nitrogens with two attached hydrogens (primary N) is 1. The van der Waals surface area contributed by atoms with Crippen LogP contribution in [0.25, 0.3) is 0 Å². The van der Waals surface area contributed by atoms with Crippen molar-refractivity contribution >= 4 is 44.5 Å². The molecular formula is C10H14N2O4S3. The fourth-order valence-electron chi connectivity index (χ4n) is 1.19. The predicted molar refractivity (Wildman–Crippen MR) is 76.6 cm³/mol. The Balaban J connectivity index is 2.60. The summed E-state index contributed by atoms with van der Waals surface area (Å²) in [6.07, 6.45) is -0.0133. The second-order valence-corrected chi connectivity index (χ2v) is 6.95. The molecule has 0 saturated heterocycles. The van der Waals surface area contributed by atoms with Gasteiger partial charge in [0.2, 0.25) is 10.0 Å². The van der Waals surface area contributed by atoms with Gasteiger partial charge in [0.05, 0.1) is 17.9 Å². The van der Waals surface area contributed by atoms with Crippen molar-refractivity contribution in [3.63, 3.8) is 0 Å². The summed E-state index contributed by atoms with van der Waals surface area (Å²) >= 11 is 5.74. The van der Waals surface area contributed by atoms with Crippen LogP contribution in [0.3, 0.4) is 0 Å². The Morgan fingerprint density at radius 1 is 1.53 bits per heavy atom. The first-order valence-corrected chi connectivity index (χ1v) is 8.12. The smallest absolute Gasteiger partial charge is 0.307 e. The molecule has 0 amide bonds. The lowest BCUT2D eigenvalue weighted by atomic mass is 10.4. The molecule has 0 spiro atoms. The molecule has 0 radical (unpaired) electrons. The molecule has 3 N–H and O–H groups in total. The van der Waals surface area contributed by atoms with Crippen molar-refractivity contribution in [2.75, 3.05) is 13.2 Å². The Labute approximate surface area is 121 Å². The van der Waals surface area contributed by atoms with Crippen LogP contribution in [-0.2, 0) is 19.6 Å². The van der Waals surface area contributed by atoms with E-state index in [4.69, 9.17) is 22.7 Å². The van der Waals surface area contributed by atoms with Gasteiger partial charge in [-0.05, 0) is 19.1 Å². The topological polar surface area (TPSA) is 98.5 Å². The Morgan fingerprint density at radius 3 is 2.74 bits per heavy atom. The van der Waals surface area contributed by atoms with E-state index in [-0.39, 0.29) is 28.8 Å². The number of sulfonamides is 1. The molecule has 0 aliphatic rings. The molecule has 0 saturated carbocycles. The van der Waals surface area contributed by atoms with Gasteiger partial charge >= 0.3 is 5.97 Å². The maximum atomic E-state index is 11.9. The summed E-state index contributed by atoms with van der Waals surface area (Å²) in [6, 6.07) is 2.97. The van der Waals surface area contributed by atoms with Crippen molar-refractivity contribution in [3.05, 3.63) is 17.0 Å². The zero-order valence-corrected chi connectivity index (χ0v) is 12.7. The van der Waals surface area contributed by atoms with Crippen molar-refractivity contribution in [2.45, 2.75) is 17.6 Å². The second-order valence-electron chi connectivity index (χ2n) is 3.44. The Hall–Kier alpha value is -1.03. The molecule has 0 bridgehead atoms. The fourth-order valence-corrected chi connectivity index (χ4v) is 3.62. The third kappa shape index (κ3) is 4.86. The number of hydrogen-bond acceptors (Lipinski definition) is 6. The maximum absolute atomic E-state index is 11.9. The van der Waals surface area contributed by atoms with Gasteiger partial charge in [-0.2, -0.15) is 0 Å². The average molecular weight is 322 g/mol. The van der Waals surface area contributed by atoms with E-state index in [9.17, 15) is 13.2 Å². The molecular weight excluding hydrogens is 308 g/mol. The number of hydrogen-bond donors (Lipinski definition) is 2. The summed E-state index contributed by atoms with van der Waals surface area (Å²) in [5.41, 5.74) is 5.41. The summed E-state index contributed by atoms with van der Waals surface area (Å²) in [4.78, 5) is 11.8. The van der Waals surface area contributed by atoms with Crippen molar-refractivity contribution in [3.8, 4) is 0 Å². The van der Waals surface area contributed by atoms with E-state index >= 15 is 0 Å². The highest BCUT2D eigenvalue weighted by molar-refractivity contribution is 7.91. The van der Waals surface area contributed by atoms with Gasteiger partial charge in [0.15, 0.2) is 0 Å². The summed E-state index contributed by atoms with van der Waals surface area (Å²) in [7, 11) is -3.64. The molecule has 1 aromatic heterocycles. The van der Waals surface area contributed by atoms with E-state index in [2.05, 4.69) is 4.72 Å². The number of esters is 1. The molecule has 0 atom stereocenters. The van der Waals surface area contributed by atoms with Crippen molar-refractivity contribution in [1.29, 1.82) is 0 Å². The molecule has 1 rings (SSSR count). The van der Waals surface area contributed by atoms with Crippen LogP contribution in [0.1, 0.15) is 18.2 Å². The molecule has 0 fully saturated rings. The zero-order valence-electron chi connectivity index (χ0n) is 10.2. The van der Waals surface area contributed by atoms with E-state index < -0.39 is 16.0 Å². The van der Waals surface area contributed by atoms with Gasteiger partial charge in [-0.15, -0.1) is 11.3 Å². The number of ether oxygens (including phenoxy) is 1. The molecule has 0 aromatic carbocycles. The third-order valence-corrected chi connectivity index (χ3v) is 5.44. The monoisotopic (exact) mass is 322 g/mol. The highest BCUT2D eigenvalue weighted by Gasteiger charge is 2.17. The highest BCUT2D eigenvalue weighted by atomic mass is 32.2. The number of nitrogens with one attached hydrogen (secondary N) is 1. The van der Waals surface area contributed by atoms with Crippen LogP contribution in [0.5, 0.6) is 0 Å². The number of carbonyl (C=O) groups is 1. The van der Waals surface area contributed by atoms with Gasteiger partial charge in [-0.3, -0.25) is 4.79 Å². The van der Waals surface area contributed by atoms with E-state index in [1.54, 1.807) is 13.0 Å². The van der Waals surface area contributed by atoms with Gasteiger partial charge in [0.25, 0.3) is 0 Å². The lowest BCUT2D eigenvalue weighted by Crippen LogP contribution is -2.26. The molecule has 0 aliphatic heterocycles. The molecule has 1 heterocycles. The minimum atomic E-state index is -3.64. The summed E-state index contributed by atoms with van der Waals surface area (Å²) in [6.45, 7) is 1.94. The van der Waals surface area contributed by atoms with Gasteiger partial charge in [0.1, 0.15) is 9.20 Å². The van der Waals surface area contributed by atoms with E-state index in [0.29, 0.717) is 4.88 Å². The van der Waals surface area contributed by atoms with Gasteiger partial charge in [0, 0.05) is 6.54 Å². The minimum Gasteiger partial charge on any atom is -0.466 e. The van der Waals surface area contributed by atoms with Crippen LogP contribution in [0.15, 0.2) is 16.3 Å². The SMILES string of the molecule is CCOC(=O)CCNS(=O)(=O)c1ccc(C(N)=S)s1. The molecule has 1 aromatic rings. The Bertz CT molecular complexity index is 565. The van der Waals surface area contributed by atoms with Crippen LogP contribution < -0.4 is 10.5 Å². The molecule has 0 aliphatic carbocycles. The van der Waals surface area contributed by atoms with Crippen LogP contribution in [0, 0.1) is 0 Å². The first-order valence-electron chi connectivity index (χ1n) is 5.41. The Kier molecular flexibility index (Phi) is 5.85. The van der Waals surface area contributed by atoms with Crippen molar-refractivity contribution in [2.24, 2.45) is 5.73 Å². The summed E-state index contributed by atoms with van der Waals surface area (Å²) in [5.74, 6) is -0.444. The highest BCUT2D eigenvalue weighted by Crippen LogP contribution is 2.21. The largest absolute Gasteiger partial charge is 0.466 e. The van der Waals surface area contributed by atoms with Crippen molar-refractivity contribution < 1.29 is 17.9 Å². The number of carbonyl (C=O) groups excluding carboxylic acids is 1. The lowest BCUT2D eigenvalue weighted by molar-refractivity contribution is -0.142. The summed E-state index contributed by atoms with van der Waals surface area (Å²) in [5, 5.41) is 0. The predicted octanol–water partition coefficient (Wildman–Crippen LogP) is 0.614. The first kappa shape index (κ1) is 16.0. The average Bonchev–Trinajstić information content (AvgIpc) is 2.79. The maximum Gasteiger partial charge on any atom is 0.307 e. The fraction of sp³-hybridized carbons (Fsp3) is 0.400. The standard InChI is InChI=1S/C10H14N2O4S3/c1-2-16-8(13)5-6-12-19(14,15)9-4-3-7(18-9)10(11)17/h3-4,12H,2,5-6H2,1H3,(H2,11,17). The molecule has 0 unspecified atom stereocenters. The van der Waals surface area contributed by atoms with Gasteiger partial charge in [-0.1, -0.05) is 12.2 Å². The quantitative estimate of drug-likeness (QED) is 0.564.